The molecule has 2 aromatic rings. The van der Waals surface area contributed by atoms with Crippen molar-refractivity contribution in [2.24, 2.45) is 5.92 Å². The Hall–Kier alpha value is -1.95. The average Bonchev–Trinajstić information content (AvgIpc) is 3.19. The van der Waals surface area contributed by atoms with E-state index in [2.05, 4.69) is 20.4 Å². The highest BCUT2D eigenvalue weighted by Crippen LogP contribution is 2.27. The van der Waals surface area contributed by atoms with Gasteiger partial charge in [0.2, 0.25) is 11.8 Å². The topological polar surface area (TPSA) is 73.1 Å². The van der Waals surface area contributed by atoms with E-state index in [-0.39, 0.29) is 0 Å². The summed E-state index contributed by atoms with van der Waals surface area (Å²) < 4.78 is 10.2. The molecule has 1 N–H and O–H groups in total. The summed E-state index contributed by atoms with van der Waals surface area (Å²) in [6.45, 7) is 1.68. The third kappa shape index (κ3) is 3.54. The lowest BCUT2D eigenvalue weighted by atomic mass is 10.2. The van der Waals surface area contributed by atoms with E-state index < -0.39 is 0 Å². The molecule has 2 heterocycles. The van der Waals surface area contributed by atoms with Gasteiger partial charge in [0.05, 0.1) is 13.7 Å². The molecule has 0 saturated heterocycles. The van der Waals surface area contributed by atoms with Crippen LogP contribution in [0.4, 0.5) is 0 Å². The van der Waals surface area contributed by atoms with Crippen LogP contribution in [0.3, 0.4) is 0 Å². The van der Waals surface area contributed by atoms with E-state index in [4.69, 9.17) is 9.26 Å². The summed E-state index contributed by atoms with van der Waals surface area (Å²) in [6, 6.07) is 3.78. The zero-order valence-electron chi connectivity index (χ0n) is 11.5. The average molecular weight is 274 g/mol. The van der Waals surface area contributed by atoms with E-state index >= 15 is 0 Å². The van der Waals surface area contributed by atoms with E-state index in [0.717, 1.165) is 18.0 Å². The van der Waals surface area contributed by atoms with Crippen LogP contribution in [0.1, 0.15) is 30.1 Å². The van der Waals surface area contributed by atoms with Gasteiger partial charge < -0.3 is 14.6 Å². The van der Waals surface area contributed by atoms with Gasteiger partial charge in [-0.15, -0.1) is 0 Å². The Bertz CT molecular complexity index is 549. The fraction of sp³-hybridized carbons (Fsp3) is 0.500. The molecular weight excluding hydrogens is 256 g/mol. The molecule has 6 heteroatoms. The van der Waals surface area contributed by atoms with Crippen molar-refractivity contribution in [1.82, 2.24) is 20.4 Å². The molecule has 106 valence electrons. The SMILES string of the molecule is COc1ccc(Cc2noc(CNCC3CC3)n2)cn1. The van der Waals surface area contributed by atoms with Crippen molar-refractivity contribution in [1.29, 1.82) is 0 Å². The number of hydrogen-bond acceptors (Lipinski definition) is 6. The first-order valence-corrected chi connectivity index (χ1v) is 6.84. The summed E-state index contributed by atoms with van der Waals surface area (Å²) in [5.74, 6) is 2.77. The Morgan fingerprint density at radius 2 is 2.30 bits per heavy atom. The maximum atomic E-state index is 5.22. The molecule has 0 aromatic carbocycles. The Labute approximate surface area is 117 Å². The first-order chi connectivity index (χ1) is 9.83. The Morgan fingerprint density at radius 3 is 3.00 bits per heavy atom. The van der Waals surface area contributed by atoms with Gasteiger partial charge in [-0.1, -0.05) is 11.2 Å². The van der Waals surface area contributed by atoms with E-state index in [9.17, 15) is 0 Å². The lowest BCUT2D eigenvalue weighted by molar-refractivity contribution is 0.362. The van der Waals surface area contributed by atoms with Crippen molar-refractivity contribution >= 4 is 0 Å². The van der Waals surface area contributed by atoms with Gasteiger partial charge in [0.1, 0.15) is 0 Å². The van der Waals surface area contributed by atoms with Crippen LogP contribution in [-0.4, -0.2) is 28.8 Å². The second-order valence-corrected chi connectivity index (χ2v) is 5.06. The lowest BCUT2D eigenvalue weighted by Gasteiger charge is -1.99. The number of nitrogens with zero attached hydrogens (tertiary/aromatic N) is 3. The van der Waals surface area contributed by atoms with Gasteiger partial charge in [-0.2, -0.15) is 4.98 Å². The van der Waals surface area contributed by atoms with Crippen LogP contribution >= 0.6 is 0 Å². The molecule has 0 unspecified atom stereocenters. The number of aromatic nitrogens is 3. The third-order valence-corrected chi connectivity index (χ3v) is 3.29. The van der Waals surface area contributed by atoms with Gasteiger partial charge in [-0.3, -0.25) is 0 Å². The molecule has 0 spiro atoms. The fourth-order valence-corrected chi connectivity index (χ4v) is 1.96. The minimum Gasteiger partial charge on any atom is -0.481 e. The fourth-order valence-electron chi connectivity index (χ4n) is 1.96. The molecule has 3 rings (SSSR count). The smallest absolute Gasteiger partial charge is 0.240 e. The second-order valence-electron chi connectivity index (χ2n) is 5.06. The molecule has 0 aliphatic heterocycles. The van der Waals surface area contributed by atoms with Crippen LogP contribution in [-0.2, 0) is 13.0 Å². The molecule has 6 nitrogen and oxygen atoms in total. The number of ether oxygens (including phenoxy) is 1. The molecule has 20 heavy (non-hydrogen) atoms. The Balaban J connectivity index is 1.52. The predicted molar refractivity (Wildman–Crippen MR) is 72.3 cm³/mol. The monoisotopic (exact) mass is 274 g/mol. The van der Waals surface area contributed by atoms with Crippen molar-refractivity contribution in [3.8, 4) is 5.88 Å². The largest absolute Gasteiger partial charge is 0.481 e. The molecular formula is C14H18N4O2. The minimum atomic E-state index is 0.604. The zero-order valence-corrected chi connectivity index (χ0v) is 11.5. The number of rotatable bonds is 7. The van der Waals surface area contributed by atoms with Crippen LogP contribution in [0.5, 0.6) is 5.88 Å². The first-order valence-electron chi connectivity index (χ1n) is 6.84. The summed E-state index contributed by atoms with van der Waals surface area (Å²) in [4.78, 5) is 8.52. The Kier molecular flexibility index (Phi) is 3.92. The maximum Gasteiger partial charge on any atom is 0.240 e. The van der Waals surface area contributed by atoms with E-state index in [0.29, 0.717) is 30.6 Å². The van der Waals surface area contributed by atoms with Crippen molar-refractivity contribution in [3.05, 3.63) is 35.6 Å². The van der Waals surface area contributed by atoms with Crippen LogP contribution in [0.15, 0.2) is 22.9 Å². The van der Waals surface area contributed by atoms with Crippen LogP contribution in [0.25, 0.3) is 0 Å². The molecule has 1 fully saturated rings. The zero-order chi connectivity index (χ0) is 13.8. The molecule has 1 aliphatic carbocycles. The number of methoxy groups -OCH3 is 1. The van der Waals surface area contributed by atoms with Crippen molar-refractivity contribution < 1.29 is 9.26 Å². The third-order valence-electron chi connectivity index (χ3n) is 3.29. The van der Waals surface area contributed by atoms with Crippen molar-refractivity contribution in [2.75, 3.05) is 13.7 Å². The van der Waals surface area contributed by atoms with Crippen molar-refractivity contribution in [2.45, 2.75) is 25.8 Å². The molecule has 0 amide bonds. The van der Waals surface area contributed by atoms with Crippen LogP contribution < -0.4 is 10.1 Å². The van der Waals surface area contributed by atoms with E-state index in [1.807, 2.05) is 12.1 Å². The van der Waals surface area contributed by atoms with Gasteiger partial charge >= 0.3 is 0 Å². The van der Waals surface area contributed by atoms with E-state index in [1.165, 1.54) is 12.8 Å². The maximum absolute atomic E-state index is 5.22. The van der Waals surface area contributed by atoms with Crippen LogP contribution in [0, 0.1) is 5.92 Å². The molecule has 1 aliphatic rings. The number of hydrogen-bond donors (Lipinski definition) is 1. The predicted octanol–water partition coefficient (Wildman–Crippen LogP) is 1.56. The van der Waals surface area contributed by atoms with E-state index in [1.54, 1.807) is 13.3 Å². The highest BCUT2D eigenvalue weighted by Gasteiger charge is 2.20. The second kappa shape index (κ2) is 6.00. The quantitative estimate of drug-likeness (QED) is 0.826. The molecule has 0 bridgehead atoms. The number of pyridine rings is 1. The van der Waals surface area contributed by atoms with Gasteiger partial charge in [0.15, 0.2) is 5.82 Å². The van der Waals surface area contributed by atoms with Gasteiger partial charge in [0, 0.05) is 18.7 Å². The summed E-state index contributed by atoms with van der Waals surface area (Å²) in [5, 5.41) is 7.31. The summed E-state index contributed by atoms with van der Waals surface area (Å²) >= 11 is 0. The highest BCUT2D eigenvalue weighted by atomic mass is 16.5. The van der Waals surface area contributed by atoms with Crippen molar-refractivity contribution in [3.63, 3.8) is 0 Å². The molecule has 0 radical (unpaired) electrons. The first kappa shape index (κ1) is 13.1. The minimum absolute atomic E-state index is 0.604. The standard InChI is InChI=1S/C14H18N4O2/c1-19-13-5-4-11(8-16-13)6-12-17-14(20-18-12)9-15-7-10-2-3-10/h4-5,8,10,15H,2-3,6-7,9H2,1H3. The summed E-state index contributed by atoms with van der Waals surface area (Å²) in [6.07, 6.45) is 5.06. The number of nitrogens with one attached hydrogen (secondary N) is 1. The Morgan fingerprint density at radius 1 is 1.40 bits per heavy atom. The summed E-state index contributed by atoms with van der Waals surface area (Å²) in [7, 11) is 1.60. The molecule has 0 atom stereocenters. The van der Waals surface area contributed by atoms with Gasteiger partial charge in [-0.05, 0) is 30.9 Å². The summed E-state index contributed by atoms with van der Waals surface area (Å²) in [5.41, 5.74) is 1.03. The highest BCUT2D eigenvalue weighted by molar-refractivity contribution is 5.20. The lowest BCUT2D eigenvalue weighted by Crippen LogP contribution is -2.16. The van der Waals surface area contributed by atoms with Gasteiger partial charge in [0.25, 0.3) is 0 Å². The molecule has 1 saturated carbocycles. The molecule has 2 aromatic heterocycles. The normalized spacial score (nSPS) is 14.4. The van der Waals surface area contributed by atoms with Crippen LogP contribution in [0.2, 0.25) is 0 Å². The van der Waals surface area contributed by atoms with Gasteiger partial charge in [-0.25, -0.2) is 4.98 Å².